The summed E-state index contributed by atoms with van der Waals surface area (Å²) in [5.74, 6) is 1.49. The number of piperidine rings is 1. The molecule has 2 fully saturated rings. The molecule has 0 saturated carbocycles. The molecule has 152 valence electrons. The number of halogens is 1. The van der Waals surface area contributed by atoms with E-state index in [0.717, 1.165) is 77.2 Å². The van der Waals surface area contributed by atoms with E-state index < -0.39 is 0 Å². The molecule has 6 heteroatoms. The molecule has 2 N–H and O–H groups in total. The summed E-state index contributed by atoms with van der Waals surface area (Å²) in [6.45, 7) is 12.1. The number of nitrogens with two attached hydrogens (primary N) is 1. The summed E-state index contributed by atoms with van der Waals surface area (Å²) in [5, 5.41) is 0. The Bertz CT molecular complexity index is 557. The highest BCUT2D eigenvalue weighted by Gasteiger charge is 2.18. The topological polar surface area (TPSA) is 48.1 Å². The van der Waals surface area contributed by atoms with Crippen molar-refractivity contribution in [1.82, 2.24) is 14.7 Å². The number of hydrogen-bond acceptors (Lipinski definition) is 3. The van der Waals surface area contributed by atoms with Gasteiger partial charge in [-0.1, -0.05) is 37.3 Å². The maximum absolute atomic E-state index is 6.18. The lowest BCUT2D eigenvalue weighted by Gasteiger charge is -2.34. The summed E-state index contributed by atoms with van der Waals surface area (Å²) in [6.07, 6.45) is 3.66. The van der Waals surface area contributed by atoms with Gasteiger partial charge in [-0.05, 0) is 30.7 Å². The van der Waals surface area contributed by atoms with Gasteiger partial charge in [-0.15, -0.1) is 24.0 Å². The zero-order valence-corrected chi connectivity index (χ0v) is 19.1. The van der Waals surface area contributed by atoms with Crippen molar-refractivity contribution < 1.29 is 0 Å². The number of aliphatic imine (C=N–C) groups is 1. The van der Waals surface area contributed by atoms with Crippen molar-refractivity contribution in [1.29, 1.82) is 0 Å². The highest BCUT2D eigenvalue weighted by atomic mass is 127. The first-order valence-electron chi connectivity index (χ1n) is 10.2. The molecular formula is C21H36IN5. The predicted molar refractivity (Wildman–Crippen MR) is 125 cm³/mol. The molecule has 1 aromatic rings. The number of piperazine rings is 1. The van der Waals surface area contributed by atoms with Gasteiger partial charge in [-0.25, -0.2) is 0 Å². The van der Waals surface area contributed by atoms with Crippen LogP contribution in [-0.4, -0.2) is 73.0 Å². The Morgan fingerprint density at radius 2 is 1.78 bits per heavy atom. The van der Waals surface area contributed by atoms with Crippen LogP contribution in [0.25, 0.3) is 0 Å². The summed E-state index contributed by atoms with van der Waals surface area (Å²) in [6, 6.07) is 10.8. The minimum Gasteiger partial charge on any atom is -0.370 e. The molecule has 1 aromatic carbocycles. The van der Waals surface area contributed by atoms with Crippen LogP contribution in [0.1, 0.15) is 31.7 Å². The first-order chi connectivity index (χ1) is 12.7. The van der Waals surface area contributed by atoms with Gasteiger partial charge in [0.1, 0.15) is 0 Å². The number of benzene rings is 1. The molecular weight excluding hydrogens is 449 g/mol. The van der Waals surface area contributed by atoms with E-state index in [0.29, 0.717) is 0 Å². The van der Waals surface area contributed by atoms with Gasteiger partial charge < -0.3 is 15.5 Å². The molecule has 0 radical (unpaired) electrons. The molecule has 0 amide bonds. The van der Waals surface area contributed by atoms with E-state index in [2.05, 4.69) is 56.9 Å². The molecule has 0 aromatic heterocycles. The van der Waals surface area contributed by atoms with Crippen molar-refractivity contribution in [2.24, 2.45) is 16.6 Å². The maximum Gasteiger partial charge on any atom is 0.191 e. The second-order valence-electron chi connectivity index (χ2n) is 7.89. The van der Waals surface area contributed by atoms with Gasteiger partial charge in [0, 0.05) is 58.9 Å². The summed E-state index contributed by atoms with van der Waals surface area (Å²) in [5.41, 5.74) is 7.59. The van der Waals surface area contributed by atoms with Crippen LogP contribution >= 0.6 is 24.0 Å². The monoisotopic (exact) mass is 485 g/mol. The molecule has 1 unspecified atom stereocenters. The van der Waals surface area contributed by atoms with Gasteiger partial charge in [-0.3, -0.25) is 9.89 Å². The van der Waals surface area contributed by atoms with E-state index in [4.69, 9.17) is 5.73 Å². The van der Waals surface area contributed by atoms with Gasteiger partial charge in [0.05, 0.1) is 0 Å². The first kappa shape index (κ1) is 22.4. The Kier molecular flexibility index (Phi) is 9.86. The van der Waals surface area contributed by atoms with Crippen LogP contribution in [-0.2, 0) is 6.54 Å². The third-order valence-corrected chi connectivity index (χ3v) is 5.60. The predicted octanol–water partition coefficient (Wildman–Crippen LogP) is 2.86. The fourth-order valence-corrected chi connectivity index (χ4v) is 4.00. The number of guanidine groups is 1. The van der Waals surface area contributed by atoms with Crippen molar-refractivity contribution in [2.45, 2.75) is 32.7 Å². The molecule has 2 aliphatic heterocycles. The van der Waals surface area contributed by atoms with Crippen molar-refractivity contribution in [3.63, 3.8) is 0 Å². The fourth-order valence-electron chi connectivity index (χ4n) is 4.00. The number of hydrogen-bond donors (Lipinski definition) is 1. The van der Waals surface area contributed by atoms with Gasteiger partial charge in [0.2, 0.25) is 0 Å². The van der Waals surface area contributed by atoms with Crippen LogP contribution in [0, 0.1) is 5.92 Å². The van der Waals surface area contributed by atoms with Crippen LogP contribution in [0.3, 0.4) is 0 Å². The summed E-state index contributed by atoms with van der Waals surface area (Å²) in [7, 11) is 0. The summed E-state index contributed by atoms with van der Waals surface area (Å²) in [4.78, 5) is 12.0. The van der Waals surface area contributed by atoms with Crippen molar-refractivity contribution in [2.75, 3.05) is 52.4 Å². The maximum atomic E-state index is 6.18. The van der Waals surface area contributed by atoms with Crippen LogP contribution < -0.4 is 5.73 Å². The highest BCUT2D eigenvalue weighted by Crippen LogP contribution is 2.15. The van der Waals surface area contributed by atoms with Gasteiger partial charge in [0.25, 0.3) is 0 Å². The first-order valence-corrected chi connectivity index (χ1v) is 10.2. The molecule has 3 rings (SSSR count). The number of rotatable bonds is 6. The SMILES string of the molecule is CC1CCCN(C(N)=NCCCN2CCN(Cc3ccccc3)CC2)C1.I. The van der Waals surface area contributed by atoms with Gasteiger partial charge in [-0.2, -0.15) is 0 Å². The number of likely N-dealkylation sites (tertiary alicyclic amines) is 1. The van der Waals surface area contributed by atoms with Gasteiger partial charge in [0.15, 0.2) is 5.96 Å². The molecule has 2 saturated heterocycles. The molecule has 0 aliphatic carbocycles. The van der Waals surface area contributed by atoms with E-state index in [1.54, 1.807) is 0 Å². The Morgan fingerprint density at radius 3 is 2.48 bits per heavy atom. The molecule has 1 atom stereocenters. The van der Waals surface area contributed by atoms with Crippen LogP contribution in [0.2, 0.25) is 0 Å². The highest BCUT2D eigenvalue weighted by molar-refractivity contribution is 14.0. The minimum absolute atomic E-state index is 0. The zero-order valence-electron chi connectivity index (χ0n) is 16.7. The summed E-state index contributed by atoms with van der Waals surface area (Å²) >= 11 is 0. The zero-order chi connectivity index (χ0) is 18.2. The molecule has 0 spiro atoms. The van der Waals surface area contributed by atoms with E-state index >= 15 is 0 Å². The minimum atomic E-state index is 0. The molecule has 2 aliphatic rings. The van der Waals surface area contributed by atoms with Crippen LogP contribution in [0.15, 0.2) is 35.3 Å². The lowest BCUT2D eigenvalue weighted by Crippen LogP contribution is -2.46. The van der Waals surface area contributed by atoms with E-state index in [1.807, 2.05) is 0 Å². The molecule has 5 nitrogen and oxygen atoms in total. The molecule has 2 heterocycles. The lowest BCUT2D eigenvalue weighted by atomic mass is 10.0. The third kappa shape index (κ3) is 7.58. The second kappa shape index (κ2) is 11.9. The average Bonchev–Trinajstić information content (AvgIpc) is 2.67. The molecule has 0 bridgehead atoms. The van der Waals surface area contributed by atoms with Crippen LogP contribution in [0.4, 0.5) is 0 Å². The Morgan fingerprint density at radius 1 is 1.07 bits per heavy atom. The van der Waals surface area contributed by atoms with Crippen molar-refractivity contribution >= 4 is 29.9 Å². The Balaban J connectivity index is 0.00000261. The van der Waals surface area contributed by atoms with Crippen molar-refractivity contribution in [3.05, 3.63) is 35.9 Å². The van der Waals surface area contributed by atoms with Gasteiger partial charge >= 0.3 is 0 Å². The van der Waals surface area contributed by atoms with Crippen molar-refractivity contribution in [3.8, 4) is 0 Å². The standard InChI is InChI=1S/C21H35N5.HI/c1-19-7-5-12-26(17-19)21(22)23-10-6-11-24-13-15-25(16-14-24)18-20-8-3-2-4-9-20;/h2-4,8-9,19H,5-7,10-18H2,1H3,(H2,22,23);1H. The lowest BCUT2D eigenvalue weighted by molar-refractivity contribution is 0.127. The van der Waals surface area contributed by atoms with Crippen LogP contribution in [0.5, 0.6) is 0 Å². The van der Waals surface area contributed by atoms with E-state index in [1.165, 1.54) is 18.4 Å². The Labute approximate surface area is 182 Å². The number of nitrogens with zero attached hydrogens (tertiary/aromatic N) is 4. The molecule has 27 heavy (non-hydrogen) atoms. The smallest absolute Gasteiger partial charge is 0.191 e. The quantitative estimate of drug-likeness (QED) is 0.292. The van der Waals surface area contributed by atoms with E-state index in [9.17, 15) is 0 Å². The van der Waals surface area contributed by atoms with E-state index in [-0.39, 0.29) is 24.0 Å². The Hall–Kier alpha value is -0.860. The average molecular weight is 485 g/mol. The summed E-state index contributed by atoms with van der Waals surface area (Å²) < 4.78 is 0. The third-order valence-electron chi connectivity index (χ3n) is 5.60. The second-order valence-corrected chi connectivity index (χ2v) is 7.89. The largest absolute Gasteiger partial charge is 0.370 e. The normalized spacial score (nSPS) is 22.5. The fraction of sp³-hybridized carbons (Fsp3) is 0.667.